The number of nitrogens with one attached hydrogen (secondary N) is 1. The maximum Gasteiger partial charge on any atom is 0.242 e. The predicted molar refractivity (Wildman–Crippen MR) is 80.8 cm³/mol. The molecule has 2 unspecified atom stereocenters. The number of primary amides is 1. The van der Waals surface area contributed by atoms with Gasteiger partial charge >= 0.3 is 0 Å². The Kier molecular flexibility index (Phi) is 5.73. The van der Waals surface area contributed by atoms with Crippen LogP contribution >= 0.6 is 0 Å². The van der Waals surface area contributed by atoms with E-state index in [9.17, 15) is 4.79 Å². The van der Waals surface area contributed by atoms with E-state index in [1.54, 1.807) is 0 Å². The third kappa shape index (κ3) is 3.81. The molecular formula is C16H24N2O3. The molecular weight excluding hydrogens is 268 g/mol. The van der Waals surface area contributed by atoms with Gasteiger partial charge in [-0.25, -0.2) is 0 Å². The average molecular weight is 292 g/mol. The Morgan fingerprint density at radius 2 is 2.24 bits per heavy atom. The van der Waals surface area contributed by atoms with Gasteiger partial charge in [0.15, 0.2) is 0 Å². The largest absolute Gasteiger partial charge is 0.379 e. The molecule has 5 nitrogen and oxygen atoms in total. The molecule has 21 heavy (non-hydrogen) atoms. The van der Waals surface area contributed by atoms with E-state index in [2.05, 4.69) is 5.32 Å². The van der Waals surface area contributed by atoms with Crippen molar-refractivity contribution in [2.24, 2.45) is 5.73 Å². The number of nitrogens with two attached hydrogens (primary N) is 1. The van der Waals surface area contributed by atoms with Crippen molar-refractivity contribution in [2.45, 2.75) is 31.4 Å². The summed E-state index contributed by atoms with van der Waals surface area (Å²) >= 11 is 0. The SMILES string of the molecule is CCNC(CCOC1CCOC1)(C(N)=O)c1ccccc1. The number of amides is 1. The number of benzene rings is 1. The summed E-state index contributed by atoms with van der Waals surface area (Å²) in [5.41, 5.74) is 5.70. The Labute approximate surface area is 125 Å². The van der Waals surface area contributed by atoms with Gasteiger partial charge in [0.25, 0.3) is 0 Å². The lowest BCUT2D eigenvalue weighted by Crippen LogP contribution is -2.53. The van der Waals surface area contributed by atoms with Crippen LogP contribution in [0.5, 0.6) is 0 Å². The minimum Gasteiger partial charge on any atom is -0.379 e. The van der Waals surface area contributed by atoms with Crippen LogP contribution in [-0.2, 0) is 19.8 Å². The second-order valence-corrected chi connectivity index (χ2v) is 5.27. The highest BCUT2D eigenvalue weighted by Crippen LogP contribution is 2.25. The van der Waals surface area contributed by atoms with Gasteiger partial charge in [0.1, 0.15) is 5.54 Å². The van der Waals surface area contributed by atoms with Crippen molar-refractivity contribution in [3.05, 3.63) is 35.9 Å². The van der Waals surface area contributed by atoms with Gasteiger partial charge in [-0.1, -0.05) is 37.3 Å². The maximum atomic E-state index is 12.1. The van der Waals surface area contributed by atoms with Crippen LogP contribution in [0, 0.1) is 0 Å². The van der Waals surface area contributed by atoms with Crippen molar-refractivity contribution in [3.63, 3.8) is 0 Å². The summed E-state index contributed by atoms with van der Waals surface area (Å²) in [7, 11) is 0. The lowest BCUT2D eigenvalue weighted by Gasteiger charge is -2.32. The summed E-state index contributed by atoms with van der Waals surface area (Å²) < 4.78 is 11.1. The number of hydrogen-bond acceptors (Lipinski definition) is 4. The smallest absolute Gasteiger partial charge is 0.242 e. The first kappa shape index (κ1) is 15.9. The third-order valence-corrected chi connectivity index (χ3v) is 3.88. The van der Waals surface area contributed by atoms with E-state index in [0.717, 1.165) is 18.6 Å². The van der Waals surface area contributed by atoms with Crippen LogP contribution < -0.4 is 11.1 Å². The van der Waals surface area contributed by atoms with E-state index < -0.39 is 5.54 Å². The quantitative estimate of drug-likeness (QED) is 0.754. The van der Waals surface area contributed by atoms with Gasteiger partial charge in [0.2, 0.25) is 5.91 Å². The number of ether oxygens (including phenoxy) is 2. The fraction of sp³-hybridized carbons (Fsp3) is 0.562. The topological polar surface area (TPSA) is 73.6 Å². The highest BCUT2D eigenvalue weighted by molar-refractivity contribution is 5.86. The molecule has 1 heterocycles. The summed E-state index contributed by atoms with van der Waals surface area (Å²) in [5, 5.41) is 3.25. The molecule has 0 radical (unpaired) electrons. The molecule has 2 atom stereocenters. The van der Waals surface area contributed by atoms with Gasteiger partial charge in [-0.3, -0.25) is 10.1 Å². The summed E-state index contributed by atoms with van der Waals surface area (Å²) in [6.45, 7) is 4.48. The lowest BCUT2D eigenvalue weighted by atomic mass is 9.86. The van der Waals surface area contributed by atoms with Crippen molar-refractivity contribution in [2.75, 3.05) is 26.4 Å². The van der Waals surface area contributed by atoms with Gasteiger partial charge < -0.3 is 15.2 Å². The van der Waals surface area contributed by atoms with Gasteiger partial charge in [-0.05, 0) is 18.5 Å². The molecule has 0 aromatic heterocycles. The molecule has 0 aliphatic carbocycles. The molecule has 5 heteroatoms. The molecule has 1 aliphatic heterocycles. The molecule has 1 saturated heterocycles. The van der Waals surface area contributed by atoms with Crippen LogP contribution in [0.3, 0.4) is 0 Å². The number of rotatable bonds is 8. The Balaban J connectivity index is 2.09. The Bertz CT molecular complexity index is 446. The Morgan fingerprint density at radius 1 is 1.48 bits per heavy atom. The zero-order valence-electron chi connectivity index (χ0n) is 12.5. The van der Waals surface area contributed by atoms with Crippen LogP contribution in [0.4, 0.5) is 0 Å². The minimum absolute atomic E-state index is 0.132. The molecule has 3 N–H and O–H groups in total. The lowest BCUT2D eigenvalue weighted by molar-refractivity contribution is -0.126. The molecule has 0 saturated carbocycles. The first-order valence-corrected chi connectivity index (χ1v) is 7.49. The van der Waals surface area contributed by atoms with Crippen LogP contribution in [0.2, 0.25) is 0 Å². The zero-order valence-corrected chi connectivity index (χ0v) is 12.5. The molecule has 1 fully saturated rings. The fourth-order valence-corrected chi connectivity index (χ4v) is 2.73. The zero-order chi connectivity index (χ0) is 15.1. The minimum atomic E-state index is -0.879. The van der Waals surface area contributed by atoms with Crippen molar-refractivity contribution >= 4 is 5.91 Å². The van der Waals surface area contributed by atoms with E-state index in [1.807, 2.05) is 37.3 Å². The highest BCUT2D eigenvalue weighted by atomic mass is 16.5. The maximum absolute atomic E-state index is 12.1. The predicted octanol–water partition coefficient (Wildman–Crippen LogP) is 1.17. The van der Waals surface area contributed by atoms with E-state index in [1.165, 1.54) is 0 Å². The van der Waals surface area contributed by atoms with E-state index >= 15 is 0 Å². The fourth-order valence-electron chi connectivity index (χ4n) is 2.73. The van der Waals surface area contributed by atoms with E-state index in [-0.39, 0.29) is 12.0 Å². The van der Waals surface area contributed by atoms with E-state index in [4.69, 9.17) is 15.2 Å². The number of carbonyl (C=O) groups is 1. The number of carbonyl (C=O) groups excluding carboxylic acids is 1. The molecule has 1 amide bonds. The molecule has 1 aromatic rings. The van der Waals surface area contributed by atoms with Gasteiger partial charge in [0, 0.05) is 19.6 Å². The Hall–Kier alpha value is -1.43. The van der Waals surface area contributed by atoms with Crippen molar-refractivity contribution in [1.82, 2.24) is 5.32 Å². The van der Waals surface area contributed by atoms with Crippen LogP contribution in [0.1, 0.15) is 25.3 Å². The van der Waals surface area contributed by atoms with Gasteiger partial charge in [-0.15, -0.1) is 0 Å². The van der Waals surface area contributed by atoms with Crippen LogP contribution in [0.15, 0.2) is 30.3 Å². The van der Waals surface area contributed by atoms with Crippen molar-refractivity contribution in [1.29, 1.82) is 0 Å². The summed E-state index contributed by atoms with van der Waals surface area (Å²) in [6.07, 6.45) is 1.56. The van der Waals surface area contributed by atoms with Crippen LogP contribution in [-0.4, -0.2) is 38.4 Å². The first-order valence-electron chi connectivity index (χ1n) is 7.49. The second kappa shape index (κ2) is 7.54. The normalized spacial score (nSPS) is 21.1. The Morgan fingerprint density at radius 3 is 2.81 bits per heavy atom. The summed E-state index contributed by atoms with van der Waals surface area (Å²) in [6, 6.07) is 9.60. The molecule has 1 aliphatic rings. The molecule has 2 rings (SSSR count). The van der Waals surface area contributed by atoms with E-state index in [0.29, 0.717) is 26.2 Å². The first-order chi connectivity index (χ1) is 10.2. The molecule has 1 aromatic carbocycles. The standard InChI is InChI=1S/C16H24N2O3/c1-2-18-16(15(17)19,13-6-4-3-5-7-13)9-11-21-14-8-10-20-12-14/h3-7,14,18H,2,8-12H2,1H3,(H2,17,19). The number of likely N-dealkylation sites (N-methyl/N-ethyl adjacent to an activating group) is 1. The highest BCUT2D eigenvalue weighted by Gasteiger charge is 2.37. The molecule has 0 spiro atoms. The number of hydrogen-bond donors (Lipinski definition) is 2. The summed E-state index contributed by atoms with van der Waals surface area (Å²) in [4.78, 5) is 12.1. The molecule has 116 valence electrons. The van der Waals surface area contributed by atoms with Crippen molar-refractivity contribution < 1.29 is 14.3 Å². The van der Waals surface area contributed by atoms with Gasteiger partial charge in [0.05, 0.1) is 12.7 Å². The van der Waals surface area contributed by atoms with Crippen molar-refractivity contribution in [3.8, 4) is 0 Å². The third-order valence-electron chi connectivity index (χ3n) is 3.88. The molecule has 0 bridgehead atoms. The second-order valence-electron chi connectivity index (χ2n) is 5.27. The van der Waals surface area contributed by atoms with Crippen LogP contribution in [0.25, 0.3) is 0 Å². The monoisotopic (exact) mass is 292 g/mol. The average Bonchev–Trinajstić information content (AvgIpc) is 3.00. The summed E-state index contributed by atoms with van der Waals surface area (Å²) in [5.74, 6) is -0.373. The van der Waals surface area contributed by atoms with Gasteiger partial charge in [-0.2, -0.15) is 0 Å².